The van der Waals surface area contributed by atoms with Gasteiger partial charge in [-0.15, -0.1) is 0 Å². The number of hydrogen-bond acceptors (Lipinski definition) is 4. The largest absolute Gasteiger partial charge is 0.508 e. The van der Waals surface area contributed by atoms with Crippen LogP contribution in [0, 0.1) is 0 Å². The van der Waals surface area contributed by atoms with E-state index < -0.39 is 0 Å². The van der Waals surface area contributed by atoms with Gasteiger partial charge in [-0.05, 0) is 30.8 Å². The second-order valence-electron chi connectivity index (χ2n) is 3.64. The Balaban J connectivity index is 2.63. The number of aromatic hydroxyl groups is 1. The molecule has 0 saturated heterocycles. The number of rotatable bonds is 3. The first-order valence-electron chi connectivity index (χ1n) is 5.17. The quantitative estimate of drug-likeness (QED) is 0.800. The number of nitrogens with one attached hydrogen (secondary N) is 1. The fourth-order valence-corrected chi connectivity index (χ4v) is 1.85. The van der Waals surface area contributed by atoms with Gasteiger partial charge in [0, 0.05) is 19.2 Å². The molecule has 0 radical (unpaired) electrons. The number of likely N-dealkylation sites (N-methyl/N-ethyl adjacent to an activating group) is 1. The second-order valence-corrected chi connectivity index (χ2v) is 3.98. The Kier molecular flexibility index (Phi) is 3.31. The van der Waals surface area contributed by atoms with E-state index in [0.29, 0.717) is 24.0 Å². The van der Waals surface area contributed by atoms with Crippen LogP contribution >= 0.6 is 11.6 Å². The lowest BCUT2D eigenvalue weighted by molar-refractivity contribution is 0.476. The van der Waals surface area contributed by atoms with Crippen LogP contribution in [0.2, 0.25) is 5.28 Å². The Morgan fingerprint density at radius 1 is 1.53 bits per heavy atom. The van der Waals surface area contributed by atoms with Crippen LogP contribution in [-0.4, -0.2) is 28.3 Å². The minimum atomic E-state index is -0.199. The molecule has 0 aliphatic carbocycles. The maximum atomic E-state index is 12.1. The number of aromatic nitrogens is 2. The van der Waals surface area contributed by atoms with Gasteiger partial charge in [-0.25, -0.2) is 4.98 Å². The fourth-order valence-electron chi connectivity index (χ4n) is 1.60. The lowest BCUT2D eigenvalue weighted by atomic mass is 10.2. The number of phenolic OH excluding ortho intramolecular Hbond substituents is 1. The van der Waals surface area contributed by atoms with Crippen LogP contribution in [0.4, 0.5) is 0 Å². The van der Waals surface area contributed by atoms with E-state index in [1.807, 2.05) is 0 Å². The highest BCUT2D eigenvalue weighted by atomic mass is 35.5. The molecule has 0 aliphatic rings. The topological polar surface area (TPSA) is 67.2 Å². The molecule has 2 rings (SSSR count). The minimum absolute atomic E-state index is 0.0634. The molecule has 90 valence electrons. The Bertz CT molecular complexity index is 609. The third kappa shape index (κ3) is 2.25. The first-order chi connectivity index (χ1) is 8.13. The van der Waals surface area contributed by atoms with Gasteiger partial charge in [0.25, 0.3) is 5.56 Å². The Hall–Kier alpha value is -1.59. The molecule has 1 heterocycles. The van der Waals surface area contributed by atoms with Crippen LogP contribution in [0.1, 0.15) is 0 Å². The minimum Gasteiger partial charge on any atom is -0.508 e. The van der Waals surface area contributed by atoms with Gasteiger partial charge in [0.1, 0.15) is 5.75 Å². The number of hydrogen-bond donors (Lipinski definition) is 2. The maximum Gasteiger partial charge on any atom is 0.262 e. The number of benzene rings is 1. The average Bonchev–Trinajstić information content (AvgIpc) is 2.28. The SMILES string of the molecule is CNCCn1c(Cl)nc2cc(O)ccc2c1=O. The molecule has 0 fully saturated rings. The average molecular weight is 254 g/mol. The monoisotopic (exact) mass is 253 g/mol. The van der Waals surface area contributed by atoms with Crippen molar-refractivity contribution in [3.8, 4) is 5.75 Å². The highest BCUT2D eigenvalue weighted by molar-refractivity contribution is 6.28. The van der Waals surface area contributed by atoms with Gasteiger partial charge in [0.05, 0.1) is 10.9 Å². The third-order valence-electron chi connectivity index (χ3n) is 2.48. The summed E-state index contributed by atoms with van der Waals surface area (Å²) in [4.78, 5) is 16.2. The second kappa shape index (κ2) is 4.73. The van der Waals surface area contributed by atoms with Crippen molar-refractivity contribution in [2.24, 2.45) is 0 Å². The molecule has 0 bridgehead atoms. The van der Waals surface area contributed by atoms with Gasteiger partial charge >= 0.3 is 0 Å². The predicted molar refractivity (Wildman–Crippen MR) is 66.6 cm³/mol. The molecule has 2 N–H and O–H groups in total. The van der Waals surface area contributed by atoms with E-state index >= 15 is 0 Å². The van der Waals surface area contributed by atoms with Gasteiger partial charge in [0.2, 0.25) is 5.28 Å². The number of halogens is 1. The molecule has 17 heavy (non-hydrogen) atoms. The zero-order valence-electron chi connectivity index (χ0n) is 9.27. The van der Waals surface area contributed by atoms with Crippen molar-refractivity contribution in [3.63, 3.8) is 0 Å². The van der Waals surface area contributed by atoms with E-state index in [4.69, 9.17) is 11.6 Å². The van der Waals surface area contributed by atoms with Crippen molar-refractivity contribution in [1.82, 2.24) is 14.9 Å². The van der Waals surface area contributed by atoms with Crippen LogP contribution in [0.3, 0.4) is 0 Å². The molecule has 0 atom stereocenters. The van der Waals surface area contributed by atoms with Crippen LogP contribution in [0.15, 0.2) is 23.0 Å². The Labute approximate surface area is 103 Å². The van der Waals surface area contributed by atoms with Crippen molar-refractivity contribution in [2.45, 2.75) is 6.54 Å². The highest BCUT2D eigenvalue weighted by Gasteiger charge is 2.09. The van der Waals surface area contributed by atoms with Crippen LogP contribution < -0.4 is 10.9 Å². The summed E-state index contributed by atoms with van der Waals surface area (Å²) in [6.45, 7) is 1.09. The van der Waals surface area contributed by atoms with Crippen molar-refractivity contribution in [2.75, 3.05) is 13.6 Å². The van der Waals surface area contributed by atoms with E-state index in [1.165, 1.54) is 16.7 Å². The van der Waals surface area contributed by atoms with Crippen molar-refractivity contribution in [3.05, 3.63) is 33.8 Å². The Morgan fingerprint density at radius 2 is 2.29 bits per heavy atom. The fraction of sp³-hybridized carbons (Fsp3) is 0.273. The molecule has 0 aliphatic heterocycles. The van der Waals surface area contributed by atoms with Gasteiger partial charge < -0.3 is 10.4 Å². The van der Waals surface area contributed by atoms with Gasteiger partial charge in [0.15, 0.2) is 0 Å². The van der Waals surface area contributed by atoms with E-state index in [-0.39, 0.29) is 16.6 Å². The summed E-state index contributed by atoms with van der Waals surface area (Å²) in [6, 6.07) is 4.43. The summed E-state index contributed by atoms with van der Waals surface area (Å²) in [5, 5.41) is 12.8. The number of nitrogens with zero attached hydrogens (tertiary/aromatic N) is 2. The standard InChI is InChI=1S/C11H12ClN3O2/c1-13-4-5-15-10(17)8-3-2-7(16)6-9(8)14-11(15)12/h2-3,6,13,16H,4-5H2,1H3. The summed E-state index contributed by atoms with van der Waals surface area (Å²) in [7, 11) is 1.80. The molecular formula is C11H12ClN3O2. The molecular weight excluding hydrogens is 242 g/mol. The normalized spacial score (nSPS) is 10.9. The van der Waals surface area contributed by atoms with Gasteiger partial charge in [-0.2, -0.15) is 0 Å². The van der Waals surface area contributed by atoms with E-state index in [0.717, 1.165) is 0 Å². The highest BCUT2D eigenvalue weighted by Crippen LogP contribution is 2.17. The lowest BCUT2D eigenvalue weighted by Crippen LogP contribution is -2.26. The van der Waals surface area contributed by atoms with Crippen LogP contribution in [-0.2, 0) is 6.54 Å². The third-order valence-corrected chi connectivity index (χ3v) is 2.77. The molecule has 6 heteroatoms. The van der Waals surface area contributed by atoms with E-state index in [2.05, 4.69) is 10.3 Å². The number of phenols is 1. The first-order valence-corrected chi connectivity index (χ1v) is 5.55. The van der Waals surface area contributed by atoms with Crippen LogP contribution in [0.5, 0.6) is 5.75 Å². The summed E-state index contributed by atoms with van der Waals surface area (Å²) in [5.74, 6) is 0.0634. The van der Waals surface area contributed by atoms with Crippen molar-refractivity contribution < 1.29 is 5.11 Å². The smallest absolute Gasteiger partial charge is 0.262 e. The van der Waals surface area contributed by atoms with Crippen molar-refractivity contribution in [1.29, 1.82) is 0 Å². The number of fused-ring (bicyclic) bond motifs is 1. The summed E-state index contributed by atoms with van der Waals surface area (Å²) in [5.41, 5.74) is 0.205. The lowest BCUT2D eigenvalue weighted by Gasteiger charge is -2.08. The first kappa shape index (κ1) is 11.9. The van der Waals surface area contributed by atoms with Gasteiger partial charge in [-0.3, -0.25) is 9.36 Å². The Morgan fingerprint density at radius 3 is 3.00 bits per heavy atom. The van der Waals surface area contributed by atoms with E-state index in [1.54, 1.807) is 13.1 Å². The molecule has 1 aromatic heterocycles. The van der Waals surface area contributed by atoms with Crippen molar-refractivity contribution >= 4 is 22.5 Å². The molecule has 2 aromatic rings. The van der Waals surface area contributed by atoms with Gasteiger partial charge in [-0.1, -0.05) is 0 Å². The zero-order valence-corrected chi connectivity index (χ0v) is 10.0. The summed E-state index contributed by atoms with van der Waals surface area (Å²) < 4.78 is 1.40. The molecule has 0 saturated carbocycles. The zero-order chi connectivity index (χ0) is 12.4. The summed E-state index contributed by atoms with van der Waals surface area (Å²) in [6.07, 6.45) is 0. The molecule has 1 aromatic carbocycles. The van der Waals surface area contributed by atoms with Crippen LogP contribution in [0.25, 0.3) is 10.9 Å². The van der Waals surface area contributed by atoms with E-state index in [9.17, 15) is 9.90 Å². The molecule has 0 unspecified atom stereocenters. The summed E-state index contributed by atoms with van der Waals surface area (Å²) >= 11 is 5.94. The molecule has 5 nitrogen and oxygen atoms in total. The maximum absolute atomic E-state index is 12.1. The predicted octanol–water partition coefficient (Wildman–Crippen LogP) is 0.975. The molecule has 0 amide bonds. The molecule has 0 spiro atoms.